The van der Waals surface area contributed by atoms with Crippen LogP contribution in [0.4, 0.5) is 0 Å². The maximum Gasteiger partial charge on any atom is 0.135 e. The van der Waals surface area contributed by atoms with E-state index in [0.717, 1.165) is 29.4 Å². The van der Waals surface area contributed by atoms with E-state index >= 15 is 0 Å². The van der Waals surface area contributed by atoms with Crippen LogP contribution in [0.15, 0.2) is 30.3 Å². The summed E-state index contributed by atoms with van der Waals surface area (Å²) in [5, 5.41) is 0. The van der Waals surface area contributed by atoms with Gasteiger partial charge in [0.15, 0.2) is 0 Å². The number of nitrogens with zero attached hydrogens (tertiary/aromatic N) is 2. The first-order chi connectivity index (χ1) is 9.26. The van der Waals surface area contributed by atoms with E-state index in [9.17, 15) is 0 Å². The molecule has 1 atom stereocenters. The van der Waals surface area contributed by atoms with Crippen LogP contribution < -0.4 is 4.74 Å². The molecule has 19 heavy (non-hydrogen) atoms. The van der Waals surface area contributed by atoms with Gasteiger partial charge in [0, 0.05) is 5.69 Å². The minimum Gasteiger partial charge on any atom is -0.493 e. The van der Waals surface area contributed by atoms with Crippen LogP contribution >= 0.6 is 11.6 Å². The summed E-state index contributed by atoms with van der Waals surface area (Å²) in [7, 11) is 0. The quantitative estimate of drug-likeness (QED) is 0.789. The highest BCUT2D eigenvalue weighted by Gasteiger charge is 2.23. The van der Waals surface area contributed by atoms with Crippen LogP contribution in [0, 0.1) is 6.92 Å². The number of fused-ring (bicyclic) bond motifs is 1. The van der Waals surface area contributed by atoms with Gasteiger partial charge in [-0.25, -0.2) is 9.97 Å². The molecule has 2 aromatic rings. The third kappa shape index (κ3) is 2.56. The van der Waals surface area contributed by atoms with E-state index in [4.69, 9.17) is 16.3 Å². The van der Waals surface area contributed by atoms with Crippen LogP contribution in [0.1, 0.15) is 28.7 Å². The zero-order valence-corrected chi connectivity index (χ0v) is 11.5. The molecule has 0 amide bonds. The Morgan fingerprint density at radius 2 is 2.16 bits per heavy atom. The Kier molecular flexibility index (Phi) is 3.38. The van der Waals surface area contributed by atoms with Gasteiger partial charge in [0.05, 0.1) is 24.1 Å². The van der Waals surface area contributed by atoms with E-state index < -0.39 is 0 Å². The Hall–Kier alpha value is -1.61. The molecule has 0 fully saturated rings. The first-order valence-corrected chi connectivity index (χ1v) is 6.91. The molecule has 1 unspecified atom stereocenters. The van der Waals surface area contributed by atoms with Crippen LogP contribution in [0.3, 0.4) is 0 Å². The molecule has 0 radical (unpaired) electrons. The topological polar surface area (TPSA) is 35.0 Å². The molecule has 0 saturated carbocycles. The van der Waals surface area contributed by atoms with E-state index in [2.05, 4.69) is 16.0 Å². The molecular weight excluding hydrogens is 260 g/mol. The lowest BCUT2D eigenvalue weighted by Crippen LogP contribution is -2.21. The fourth-order valence-electron chi connectivity index (χ4n) is 2.40. The molecule has 98 valence electrons. The molecule has 1 aromatic carbocycles. The highest BCUT2D eigenvalue weighted by atomic mass is 35.5. The van der Waals surface area contributed by atoms with Crippen LogP contribution in [-0.2, 0) is 12.3 Å². The average molecular weight is 275 g/mol. The van der Waals surface area contributed by atoms with E-state index in [1.54, 1.807) is 0 Å². The number of ether oxygens (including phenoxy) is 1. The lowest BCUT2D eigenvalue weighted by Gasteiger charge is -2.24. The van der Waals surface area contributed by atoms with Crippen LogP contribution in [0.2, 0.25) is 0 Å². The summed E-state index contributed by atoms with van der Waals surface area (Å²) in [6.45, 7) is 2.60. The molecule has 1 aliphatic rings. The van der Waals surface area contributed by atoms with Gasteiger partial charge in [-0.3, -0.25) is 0 Å². The largest absolute Gasteiger partial charge is 0.493 e. The molecule has 0 N–H and O–H groups in total. The highest BCUT2D eigenvalue weighted by Crippen LogP contribution is 2.30. The van der Waals surface area contributed by atoms with Gasteiger partial charge < -0.3 is 4.74 Å². The maximum absolute atomic E-state index is 5.87. The number of aromatic nitrogens is 2. The van der Waals surface area contributed by atoms with E-state index in [0.29, 0.717) is 12.5 Å². The fourth-order valence-corrected chi connectivity index (χ4v) is 2.54. The molecule has 0 bridgehead atoms. The van der Waals surface area contributed by atoms with Crippen LogP contribution in [-0.4, -0.2) is 16.6 Å². The van der Waals surface area contributed by atoms with E-state index in [1.807, 2.05) is 31.2 Å². The molecule has 1 aromatic heterocycles. The van der Waals surface area contributed by atoms with Crippen molar-refractivity contribution in [2.45, 2.75) is 25.1 Å². The van der Waals surface area contributed by atoms with Crippen molar-refractivity contribution in [3.8, 4) is 5.75 Å². The summed E-state index contributed by atoms with van der Waals surface area (Å²) in [4.78, 5) is 9.05. The van der Waals surface area contributed by atoms with Gasteiger partial charge >= 0.3 is 0 Å². The lowest BCUT2D eigenvalue weighted by atomic mass is 9.96. The first-order valence-electron chi connectivity index (χ1n) is 6.37. The summed E-state index contributed by atoms with van der Waals surface area (Å²) in [6.07, 6.45) is 0.918. The molecule has 1 aliphatic heterocycles. The Morgan fingerprint density at radius 1 is 1.32 bits per heavy atom. The van der Waals surface area contributed by atoms with Crippen molar-refractivity contribution in [3.05, 3.63) is 53.1 Å². The number of para-hydroxylation sites is 1. The standard InChI is InChI=1S/C15H15ClN2O/c1-10-6-13(8-16)18-15(17-10)12-7-11-4-2-3-5-14(11)19-9-12/h2-6,12H,7-9H2,1H3. The third-order valence-corrected chi connectivity index (χ3v) is 3.58. The summed E-state index contributed by atoms with van der Waals surface area (Å²) in [5.41, 5.74) is 3.05. The molecule has 2 heterocycles. The first kappa shape index (κ1) is 12.4. The smallest absolute Gasteiger partial charge is 0.135 e. The molecule has 0 aliphatic carbocycles. The second kappa shape index (κ2) is 5.17. The van der Waals surface area contributed by atoms with Gasteiger partial charge in [-0.15, -0.1) is 11.6 Å². The van der Waals surface area contributed by atoms with Crippen molar-refractivity contribution in [2.24, 2.45) is 0 Å². The van der Waals surface area contributed by atoms with Crippen molar-refractivity contribution in [2.75, 3.05) is 6.61 Å². The minimum absolute atomic E-state index is 0.205. The molecule has 0 saturated heterocycles. The maximum atomic E-state index is 5.87. The van der Waals surface area contributed by atoms with Gasteiger partial charge in [-0.2, -0.15) is 0 Å². The van der Waals surface area contributed by atoms with Gasteiger partial charge in [0.1, 0.15) is 11.6 Å². The molecule has 4 heteroatoms. The van der Waals surface area contributed by atoms with E-state index in [1.165, 1.54) is 5.56 Å². The lowest BCUT2D eigenvalue weighted by molar-refractivity contribution is 0.257. The number of benzene rings is 1. The highest BCUT2D eigenvalue weighted by molar-refractivity contribution is 6.16. The van der Waals surface area contributed by atoms with E-state index in [-0.39, 0.29) is 5.92 Å². The molecular formula is C15H15ClN2O. The van der Waals surface area contributed by atoms with Crippen molar-refractivity contribution >= 4 is 11.6 Å². The third-order valence-electron chi connectivity index (χ3n) is 3.31. The normalized spacial score (nSPS) is 17.7. The Bertz CT molecular complexity index is 600. The molecule has 3 rings (SSSR count). The number of hydrogen-bond acceptors (Lipinski definition) is 3. The van der Waals surface area contributed by atoms with Crippen molar-refractivity contribution in [1.82, 2.24) is 9.97 Å². The number of aryl methyl sites for hydroxylation is 1. The minimum atomic E-state index is 0.205. The number of halogens is 1. The number of hydrogen-bond donors (Lipinski definition) is 0. The van der Waals surface area contributed by atoms with Crippen LogP contribution in [0.5, 0.6) is 5.75 Å². The van der Waals surface area contributed by atoms with Crippen molar-refractivity contribution < 1.29 is 4.74 Å². The molecule has 0 spiro atoms. The van der Waals surface area contributed by atoms with Crippen LogP contribution in [0.25, 0.3) is 0 Å². The Morgan fingerprint density at radius 3 is 3.00 bits per heavy atom. The summed E-state index contributed by atoms with van der Waals surface area (Å²) in [6, 6.07) is 10.1. The number of rotatable bonds is 2. The molecule has 3 nitrogen and oxygen atoms in total. The number of alkyl halides is 1. The van der Waals surface area contributed by atoms with Gasteiger partial charge in [0.2, 0.25) is 0 Å². The Labute approximate surface area is 117 Å². The SMILES string of the molecule is Cc1cc(CCl)nc(C2COc3ccccc3C2)n1. The second-order valence-electron chi connectivity index (χ2n) is 4.81. The van der Waals surface area contributed by atoms with Crippen molar-refractivity contribution in [3.63, 3.8) is 0 Å². The van der Waals surface area contributed by atoms with Gasteiger partial charge in [-0.1, -0.05) is 18.2 Å². The zero-order chi connectivity index (χ0) is 13.2. The Balaban J connectivity index is 1.90. The average Bonchev–Trinajstić information content (AvgIpc) is 2.46. The predicted octanol–water partition coefficient (Wildman–Crippen LogP) is 3.24. The van der Waals surface area contributed by atoms with Crippen molar-refractivity contribution in [1.29, 1.82) is 0 Å². The predicted molar refractivity (Wildman–Crippen MR) is 74.7 cm³/mol. The fraction of sp³-hybridized carbons (Fsp3) is 0.333. The monoisotopic (exact) mass is 274 g/mol. The summed E-state index contributed by atoms with van der Waals surface area (Å²) < 4.78 is 5.79. The zero-order valence-electron chi connectivity index (χ0n) is 10.8. The summed E-state index contributed by atoms with van der Waals surface area (Å²) >= 11 is 5.87. The summed E-state index contributed by atoms with van der Waals surface area (Å²) in [5.74, 6) is 2.44. The van der Waals surface area contributed by atoms with Gasteiger partial charge in [-0.05, 0) is 31.0 Å². The van der Waals surface area contributed by atoms with Gasteiger partial charge in [0.25, 0.3) is 0 Å². The second-order valence-corrected chi connectivity index (χ2v) is 5.08.